The van der Waals surface area contributed by atoms with Crippen molar-refractivity contribution >= 4 is 6.03 Å². The van der Waals surface area contributed by atoms with Crippen molar-refractivity contribution in [1.29, 1.82) is 0 Å². The molecule has 6 heteroatoms. The highest BCUT2D eigenvalue weighted by atomic mass is 16.5. The van der Waals surface area contributed by atoms with Crippen molar-refractivity contribution in [2.45, 2.75) is 39.8 Å². The van der Waals surface area contributed by atoms with Gasteiger partial charge in [-0.2, -0.15) is 0 Å². The van der Waals surface area contributed by atoms with Gasteiger partial charge in [0.25, 0.3) is 0 Å². The maximum absolute atomic E-state index is 12.7. The first-order chi connectivity index (χ1) is 13.0. The number of aryl methyl sites for hydroxylation is 1. The Bertz CT molecular complexity index is 764. The van der Waals surface area contributed by atoms with Crippen LogP contribution in [0.15, 0.2) is 36.4 Å². The zero-order chi connectivity index (χ0) is 19.8. The highest BCUT2D eigenvalue weighted by Crippen LogP contribution is 2.31. The lowest BCUT2D eigenvalue weighted by atomic mass is 10.1. The second-order valence-electron chi connectivity index (χ2n) is 6.35. The van der Waals surface area contributed by atoms with Gasteiger partial charge in [0.2, 0.25) is 0 Å². The fourth-order valence-electron chi connectivity index (χ4n) is 2.88. The molecule has 1 N–H and O–H groups in total. The fourth-order valence-corrected chi connectivity index (χ4v) is 2.88. The molecule has 146 valence electrons. The smallest absolute Gasteiger partial charge is 0.317 e. The van der Waals surface area contributed by atoms with Gasteiger partial charge >= 0.3 is 6.03 Å². The molecule has 0 spiro atoms. The van der Waals surface area contributed by atoms with Crippen LogP contribution in [-0.4, -0.2) is 36.7 Å². The zero-order valence-corrected chi connectivity index (χ0v) is 16.8. The minimum Gasteiger partial charge on any atom is -0.493 e. The summed E-state index contributed by atoms with van der Waals surface area (Å²) in [5.74, 6) is 1.34. The number of nitrogens with one attached hydrogen (secondary N) is 1. The number of urea groups is 1. The number of ether oxygens (including phenoxy) is 2. The number of methoxy groups -OCH3 is 1. The first-order valence-electron chi connectivity index (χ1n) is 9.23. The second-order valence-corrected chi connectivity index (χ2v) is 6.35. The van der Waals surface area contributed by atoms with Crippen molar-refractivity contribution in [2.75, 3.05) is 20.8 Å². The number of para-hydroxylation sites is 1. The van der Waals surface area contributed by atoms with Crippen LogP contribution in [0.2, 0.25) is 0 Å². The number of pyridine rings is 1. The lowest BCUT2D eigenvalue weighted by Gasteiger charge is -2.24. The van der Waals surface area contributed by atoms with Gasteiger partial charge in [0.05, 0.1) is 32.0 Å². The van der Waals surface area contributed by atoms with E-state index in [4.69, 9.17) is 9.47 Å². The number of aromatic nitrogens is 1. The SMILES string of the molecule is CCOc1c(CN(C)C(=O)N[C@H](CC)c2cccc(C)n2)cccc1OC. The topological polar surface area (TPSA) is 63.7 Å². The minimum atomic E-state index is -0.157. The van der Waals surface area contributed by atoms with Crippen LogP contribution in [0.4, 0.5) is 4.79 Å². The van der Waals surface area contributed by atoms with Crippen molar-refractivity contribution in [1.82, 2.24) is 15.2 Å². The number of hydrogen-bond acceptors (Lipinski definition) is 4. The monoisotopic (exact) mass is 371 g/mol. The number of carbonyl (C=O) groups excluding carboxylic acids is 1. The fraction of sp³-hybridized carbons (Fsp3) is 0.429. The van der Waals surface area contributed by atoms with E-state index in [1.807, 2.05) is 57.2 Å². The van der Waals surface area contributed by atoms with Crippen LogP contribution in [0.3, 0.4) is 0 Å². The standard InChI is InChI=1S/C21H29N3O3/c1-6-17(18-12-8-10-15(3)22-18)23-21(25)24(4)14-16-11-9-13-19(26-5)20(16)27-7-2/h8-13,17H,6-7,14H2,1-5H3,(H,23,25)/t17-/m1/s1. The summed E-state index contributed by atoms with van der Waals surface area (Å²) in [5.41, 5.74) is 2.71. The van der Waals surface area contributed by atoms with Gasteiger partial charge in [-0.05, 0) is 38.5 Å². The molecule has 0 fully saturated rings. The lowest BCUT2D eigenvalue weighted by molar-refractivity contribution is 0.201. The summed E-state index contributed by atoms with van der Waals surface area (Å²) >= 11 is 0. The van der Waals surface area contributed by atoms with Gasteiger partial charge < -0.3 is 19.7 Å². The number of benzene rings is 1. The van der Waals surface area contributed by atoms with E-state index >= 15 is 0 Å². The highest BCUT2D eigenvalue weighted by molar-refractivity contribution is 5.74. The van der Waals surface area contributed by atoms with Gasteiger partial charge in [-0.1, -0.05) is 25.1 Å². The molecule has 6 nitrogen and oxygen atoms in total. The molecule has 2 amide bonds. The van der Waals surface area contributed by atoms with Crippen molar-refractivity contribution in [2.24, 2.45) is 0 Å². The third kappa shape index (κ3) is 5.36. The molecule has 2 aromatic rings. The largest absolute Gasteiger partial charge is 0.493 e. The first-order valence-corrected chi connectivity index (χ1v) is 9.23. The summed E-state index contributed by atoms with van der Waals surface area (Å²) < 4.78 is 11.1. The van der Waals surface area contributed by atoms with Gasteiger partial charge in [0, 0.05) is 18.3 Å². The Morgan fingerprint density at radius 1 is 1.22 bits per heavy atom. The molecule has 1 heterocycles. The molecule has 1 aromatic heterocycles. The van der Waals surface area contributed by atoms with Crippen LogP contribution in [0.1, 0.15) is 43.3 Å². The Labute approximate surface area is 161 Å². The molecule has 1 aromatic carbocycles. The van der Waals surface area contributed by atoms with E-state index in [-0.39, 0.29) is 12.1 Å². The van der Waals surface area contributed by atoms with Crippen molar-refractivity contribution < 1.29 is 14.3 Å². The van der Waals surface area contributed by atoms with Gasteiger partial charge in [-0.25, -0.2) is 4.79 Å². The Balaban J connectivity index is 2.11. The summed E-state index contributed by atoms with van der Waals surface area (Å²) in [5, 5.41) is 3.06. The van der Waals surface area contributed by atoms with Crippen molar-refractivity contribution in [3.05, 3.63) is 53.3 Å². The van der Waals surface area contributed by atoms with E-state index in [0.717, 1.165) is 23.4 Å². The van der Waals surface area contributed by atoms with Crippen LogP contribution < -0.4 is 14.8 Å². The first kappa shape index (κ1) is 20.6. The maximum atomic E-state index is 12.7. The van der Waals surface area contributed by atoms with Gasteiger partial charge in [0.1, 0.15) is 0 Å². The minimum absolute atomic E-state index is 0.128. The Morgan fingerprint density at radius 3 is 2.59 bits per heavy atom. The predicted octanol–water partition coefficient (Wildman–Crippen LogP) is 4.09. The summed E-state index contributed by atoms with van der Waals surface area (Å²) in [7, 11) is 3.37. The van der Waals surface area contributed by atoms with E-state index in [1.54, 1.807) is 19.1 Å². The Hall–Kier alpha value is -2.76. The molecule has 0 radical (unpaired) electrons. The van der Waals surface area contributed by atoms with Crippen LogP contribution in [0.25, 0.3) is 0 Å². The third-order valence-corrected chi connectivity index (χ3v) is 4.30. The second kappa shape index (κ2) is 9.80. The Kier molecular flexibility index (Phi) is 7.46. The van der Waals surface area contributed by atoms with Gasteiger partial charge in [-0.3, -0.25) is 4.98 Å². The average Bonchev–Trinajstić information content (AvgIpc) is 2.67. The third-order valence-electron chi connectivity index (χ3n) is 4.30. The van der Waals surface area contributed by atoms with E-state index in [1.165, 1.54) is 0 Å². The van der Waals surface area contributed by atoms with Gasteiger partial charge in [-0.15, -0.1) is 0 Å². The quantitative estimate of drug-likeness (QED) is 0.759. The normalized spacial score (nSPS) is 11.6. The van der Waals surface area contributed by atoms with Crippen LogP contribution in [-0.2, 0) is 6.54 Å². The van der Waals surface area contributed by atoms with E-state index < -0.39 is 0 Å². The van der Waals surface area contributed by atoms with Crippen LogP contribution >= 0.6 is 0 Å². The zero-order valence-electron chi connectivity index (χ0n) is 16.8. The number of nitrogens with zero attached hydrogens (tertiary/aromatic N) is 2. The summed E-state index contributed by atoms with van der Waals surface area (Å²) in [6.07, 6.45) is 0.763. The molecule has 0 saturated carbocycles. The van der Waals surface area contributed by atoms with E-state index in [2.05, 4.69) is 10.3 Å². The summed E-state index contributed by atoms with van der Waals surface area (Å²) in [4.78, 5) is 18.9. The van der Waals surface area contributed by atoms with Crippen LogP contribution in [0.5, 0.6) is 11.5 Å². The predicted molar refractivity (Wildman–Crippen MR) is 106 cm³/mol. The number of carbonyl (C=O) groups is 1. The average molecular weight is 371 g/mol. The van der Waals surface area contributed by atoms with E-state index in [9.17, 15) is 4.79 Å². The number of hydrogen-bond donors (Lipinski definition) is 1. The molecule has 0 unspecified atom stereocenters. The Morgan fingerprint density at radius 2 is 1.96 bits per heavy atom. The molecular weight excluding hydrogens is 342 g/mol. The molecule has 1 atom stereocenters. The summed E-state index contributed by atoms with van der Waals surface area (Å²) in [6.45, 7) is 6.84. The number of amides is 2. The van der Waals surface area contributed by atoms with Crippen molar-refractivity contribution in [3.63, 3.8) is 0 Å². The molecule has 27 heavy (non-hydrogen) atoms. The van der Waals surface area contributed by atoms with Gasteiger partial charge in [0.15, 0.2) is 11.5 Å². The highest BCUT2D eigenvalue weighted by Gasteiger charge is 2.19. The molecule has 2 rings (SSSR count). The molecule has 0 saturated heterocycles. The summed E-state index contributed by atoms with van der Waals surface area (Å²) in [6, 6.07) is 11.3. The molecule has 0 aliphatic carbocycles. The van der Waals surface area contributed by atoms with Crippen molar-refractivity contribution in [3.8, 4) is 11.5 Å². The number of rotatable bonds is 8. The van der Waals surface area contributed by atoms with Crippen LogP contribution in [0, 0.1) is 6.92 Å². The lowest BCUT2D eigenvalue weighted by Crippen LogP contribution is -2.39. The molecule has 0 bridgehead atoms. The van der Waals surface area contributed by atoms with E-state index in [0.29, 0.717) is 24.7 Å². The molecule has 0 aliphatic rings. The molecular formula is C21H29N3O3. The molecule has 0 aliphatic heterocycles. The maximum Gasteiger partial charge on any atom is 0.317 e.